The lowest BCUT2D eigenvalue weighted by Crippen LogP contribution is -2.44. The maximum absolute atomic E-state index is 12.6. The topological polar surface area (TPSA) is 67.2 Å². The van der Waals surface area contributed by atoms with Gasteiger partial charge in [0.15, 0.2) is 0 Å². The van der Waals surface area contributed by atoms with Gasteiger partial charge in [-0.3, -0.25) is 4.79 Å². The average molecular weight is 449 g/mol. The van der Waals surface area contributed by atoms with Gasteiger partial charge in [-0.15, -0.1) is 24.8 Å². The number of halogens is 2. The fraction of sp³-hybridized carbons (Fsp3) is 0.696. The Balaban J connectivity index is 0. The zero-order chi connectivity index (χ0) is 19.6. The van der Waals surface area contributed by atoms with Crippen LogP contribution in [0.25, 0.3) is 0 Å². The molecular weight excluding hydrogens is 405 g/mol. The molecule has 170 valence electrons. The Morgan fingerprint density at radius 1 is 0.897 bits per heavy atom. The number of carbonyl (C=O) groups excluding carboxylic acids is 1. The van der Waals surface area contributed by atoms with E-state index in [-0.39, 0.29) is 36.8 Å². The number of nitrogens with one attached hydrogen (secondary N) is 2. The highest BCUT2D eigenvalue weighted by molar-refractivity contribution is 5.85. The first kappa shape index (κ1) is 30.4. The highest BCUT2D eigenvalue weighted by Gasteiger charge is 2.16. The fourth-order valence-electron chi connectivity index (χ4n) is 3.25. The van der Waals surface area contributed by atoms with Gasteiger partial charge < -0.3 is 16.4 Å². The van der Waals surface area contributed by atoms with Gasteiger partial charge in [0.25, 0.3) is 0 Å². The van der Waals surface area contributed by atoms with Crippen LogP contribution < -0.4 is 16.4 Å². The van der Waals surface area contributed by atoms with Crippen molar-refractivity contribution in [3.63, 3.8) is 0 Å². The molecule has 0 radical (unpaired) electrons. The maximum atomic E-state index is 12.6. The standard InChI is InChI=1S/C23H41N3O.2ClH/c1-2-3-4-5-6-7-8-14-19-25-23(27)22(17-12-13-18-24)26-20-21-15-10-9-11-16-21;;/h9-11,15-16,22,26H,2-8,12-14,17-20,24H2,1H3,(H,25,27);2*1H. The van der Waals surface area contributed by atoms with Crippen molar-refractivity contribution in [2.24, 2.45) is 5.73 Å². The largest absolute Gasteiger partial charge is 0.355 e. The van der Waals surface area contributed by atoms with Crippen LogP contribution >= 0.6 is 24.8 Å². The van der Waals surface area contributed by atoms with E-state index in [0.717, 1.165) is 38.8 Å². The molecule has 0 heterocycles. The molecule has 1 atom stereocenters. The van der Waals surface area contributed by atoms with E-state index in [1.54, 1.807) is 0 Å². The van der Waals surface area contributed by atoms with Crippen molar-refractivity contribution in [3.05, 3.63) is 35.9 Å². The Bertz CT molecular complexity index is 474. The van der Waals surface area contributed by atoms with Gasteiger partial charge in [-0.05, 0) is 31.4 Å². The molecule has 1 unspecified atom stereocenters. The lowest BCUT2D eigenvalue weighted by Gasteiger charge is -2.18. The Kier molecular flexibility index (Phi) is 22.9. The molecule has 0 bridgehead atoms. The van der Waals surface area contributed by atoms with Crippen molar-refractivity contribution in [2.75, 3.05) is 13.1 Å². The molecule has 6 heteroatoms. The maximum Gasteiger partial charge on any atom is 0.237 e. The van der Waals surface area contributed by atoms with Crippen molar-refractivity contribution in [1.29, 1.82) is 0 Å². The second-order valence-corrected chi connectivity index (χ2v) is 7.47. The highest BCUT2D eigenvalue weighted by atomic mass is 35.5. The molecule has 0 fully saturated rings. The van der Waals surface area contributed by atoms with Crippen LogP contribution in [0, 0.1) is 0 Å². The first-order valence-electron chi connectivity index (χ1n) is 11.0. The summed E-state index contributed by atoms with van der Waals surface area (Å²) in [6.45, 7) is 4.44. The molecule has 0 spiro atoms. The van der Waals surface area contributed by atoms with Crippen LogP contribution in [0.4, 0.5) is 0 Å². The molecule has 0 aliphatic heterocycles. The van der Waals surface area contributed by atoms with Gasteiger partial charge in [0.2, 0.25) is 5.91 Å². The third kappa shape index (κ3) is 16.7. The monoisotopic (exact) mass is 447 g/mol. The number of nitrogens with two attached hydrogens (primary N) is 1. The number of hydrogen-bond acceptors (Lipinski definition) is 3. The number of unbranched alkanes of at least 4 members (excludes halogenated alkanes) is 8. The van der Waals surface area contributed by atoms with Crippen molar-refractivity contribution >= 4 is 30.7 Å². The first-order valence-corrected chi connectivity index (χ1v) is 11.0. The van der Waals surface area contributed by atoms with Gasteiger partial charge in [-0.1, -0.05) is 88.6 Å². The fourth-order valence-corrected chi connectivity index (χ4v) is 3.25. The van der Waals surface area contributed by atoms with Gasteiger partial charge in [0, 0.05) is 13.1 Å². The summed E-state index contributed by atoms with van der Waals surface area (Å²) in [6.07, 6.45) is 13.1. The molecule has 1 aromatic carbocycles. The van der Waals surface area contributed by atoms with Crippen molar-refractivity contribution in [3.8, 4) is 0 Å². The minimum Gasteiger partial charge on any atom is -0.355 e. The van der Waals surface area contributed by atoms with Gasteiger partial charge in [0.05, 0.1) is 6.04 Å². The molecule has 1 rings (SSSR count). The highest BCUT2D eigenvalue weighted by Crippen LogP contribution is 2.08. The Morgan fingerprint density at radius 2 is 1.52 bits per heavy atom. The number of amides is 1. The van der Waals surface area contributed by atoms with Crippen LogP contribution in [-0.4, -0.2) is 25.0 Å². The third-order valence-electron chi connectivity index (χ3n) is 4.99. The van der Waals surface area contributed by atoms with Crippen LogP contribution in [0.15, 0.2) is 30.3 Å². The van der Waals surface area contributed by atoms with E-state index in [1.807, 2.05) is 18.2 Å². The minimum atomic E-state index is -0.134. The van der Waals surface area contributed by atoms with Crippen molar-refractivity contribution in [2.45, 2.75) is 90.1 Å². The second-order valence-electron chi connectivity index (χ2n) is 7.47. The van der Waals surface area contributed by atoms with E-state index in [0.29, 0.717) is 6.54 Å². The van der Waals surface area contributed by atoms with Crippen molar-refractivity contribution in [1.82, 2.24) is 10.6 Å². The van der Waals surface area contributed by atoms with Crippen molar-refractivity contribution < 1.29 is 4.79 Å². The molecule has 0 saturated carbocycles. The smallest absolute Gasteiger partial charge is 0.237 e. The van der Waals surface area contributed by atoms with E-state index in [2.05, 4.69) is 29.7 Å². The Labute approximate surface area is 191 Å². The summed E-state index contributed by atoms with van der Waals surface area (Å²) in [5, 5.41) is 6.55. The third-order valence-corrected chi connectivity index (χ3v) is 4.99. The molecule has 4 N–H and O–H groups in total. The average Bonchev–Trinajstić information content (AvgIpc) is 2.70. The normalized spacial score (nSPS) is 11.2. The summed E-state index contributed by atoms with van der Waals surface area (Å²) in [5.74, 6) is 0.130. The Morgan fingerprint density at radius 3 is 2.14 bits per heavy atom. The predicted octanol–water partition coefficient (Wildman–Crippen LogP) is 5.37. The number of hydrogen-bond donors (Lipinski definition) is 3. The van der Waals surface area contributed by atoms with Crippen LogP contribution in [0.1, 0.15) is 83.1 Å². The first-order chi connectivity index (χ1) is 13.3. The lowest BCUT2D eigenvalue weighted by atomic mass is 10.1. The Hall–Kier alpha value is -0.810. The summed E-state index contributed by atoms with van der Waals surface area (Å²) in [6, 6.07) is 10.1. The zero-order valence-corrected chi connectivity index (χ0v) is 19.8. The summed E-state index contributed by atoms with van der Waals surface area (Å²) >= 11 is 0. The molecule has 29 heavy (non-hydrogen) atoms. The van der Waals surface area contributed by atoms with E-state index >= 15 is 0 Å². The SMILES string of the molecule is CCCCCCCCCCNC(=O)C(CCCCN)NCc1ccccc1.Cl.Cl. The quantitative estimate of drug-likeness (QED) is 0.281. The molecule has 0 saturated heterocycles. The molecule has 0 aliphatic carbocycles. The molecule has 1 amide bonds. The second kappa shape index (κ2) is 21.9. The lowest BCUT2D eigenvalue weighted by molar-refractivity contribution is -0.123. The molecule has 1 aromatic rings. The summed E-state index contributed by atoms with van der Waals surface area (Å²) in [4.78, 5) is 12.6. The predicted molar refractivity (Wildman–Crippen MR) is 130 cm³/mol. The summed E-state index contributed by atoms with van der Waals surface area (Å²) in [5.41, 5.74) is 6.81. The molecular formula is C23H43Cl2N3O. The number of carbonyl (C=O) groups is 1. The molecule has 4 nitrogen and oxygen atoms in total. The minimum absolute atomic E-state index is 0. The van der Waals surface area contributed by atoms with E-state index in [1.165, 1.54) is 50.5 Å². The van der Waals surface area contributed by atoms with Gasteiger partial charge in [-0.2, -0.15) is 0 Å². The summed E-state index contributed by atoms with van der Waals surface area (Å²) in [7, 11) is 0. The van der Waals surface area contributed by atoms with E-state index in [9.17, 15) is 4.79 Å². The van der Waals surface area contributed by atoms with Gasteiger partial charge in [-0.25, -0.2) is 0 Å². The van der Waals surface area contributed by atoms with Crippen LogP contribution in [0.3, 0.4) is 0 Å². The van der Waals surface area contributed by atoms with Crippen LogP contribution in [-0.2, 0) is 11.3 Å². The molecule has 0 aromatic heterocycles. The number of benzene rings is 1. The zero-order valence-electron chi connectivity index (χ0n) is 18.2. The van der Waals surface area contributed by atoms with Gasteiger partial charge >= 0.3 is 0 Å². The van der Waals surface area contributed by atoms with Crippen LogP contribution in [0.5, 0.6) is 0 Å². The van der Waals surface area contributed by atoms with E-state index < -0.39 is 0 Å². The van der Waals surface area contributed by atoms with E-state index in [4.69, 9.17) is 5.73 Å². The summed E-state index contributed by atoms with van der Waals surface area (Å²) < 4.78 is 0. The van der Waals surface area contributed by atoms with Gasteiger partial charge in [0.1, 0.15) is 0 Å². The van der Waals surface area contributed by atoms with Crippen LogP contribution in [0.2, 0.25) is 0 Å². The molecule has 0 aliphatic rings. The number of rotatable bonds is 17.